The first-order valence-corrected chi connectivity index (χ1v) is 6.32. The van der Waals surface area contributed by atoms with Crippen LogP contribution in [-0.2, 0) is 9.47 Å². The molecule has 1 saturated heterocycles. The molecule has 17 heavy (non-hydrogen) atoms. The van der Waals surface area contributed by atoms with Crippen LogP contribution in [0.3, 0.4) is 0 Å². The molecule has 2 aliphatic rings. The van der Waals surface area contributed by atoms with Gasteiger partial charge in [-0.1, -0.05) is 6.42 Å². The molecule has 5 heteroatoms. The van der Waals surface area contributed by atoms with E-state index in [2.05, 4.69) is 5.32 Å². The second-order valence-corrected chi connectivity index (χ2v) is 4.63. The maximum Gasteiger partial charge on any atom is 0.409 e. The first-order chi connectivity index (χ1) is 8.20. The van der Waals surface area contributed by atoms with E-state index >= 15 is 0 Å². The lowest BCUT2D eigenvalue weighted by molar-refractivity contribution is 0.0832. The van der Waals surface area contributed by atoms with Crippen molar-refractivity contribution < 1.29 is 14.3 Å². The van der Waals surface area contributed by atoms with Crippen molar-refractivity contribution in [2.45, 2.75) is 19.3 Å². The Kier molecular flexibility index (Phi) is 6.96. The van der Waals surface area contributed by atoms with Gasteiger partial charge in [0.25, 0.3) is 0 Å². The van der Waals surface area contributed by atoms with Gasteiger partial charge in [-0.25, -0.2) is 4.79 Å². The minimum absolute atomic E-state index is 0.225. The third-order valence-electron chi connectivity index (χ3n) is 2.88. The molecule has 0 spiro atoms. The highest BCUT2D eigenvalue weighted by atomic mass is 16.6. The van der Waals surface area contributed by atoms with E-state index in [-0.39, 0.29) is 6.09 Å². The van der Waals surface area contributed by atoms with Crippen LogP contribution >= 0.6 is 0 Å². The van der Waals surface area contributed by atoms with Gasteiger partial charge in [-0.2, -0.15) is 0 Å². The summed E-state index contributed by atoms with van der Waals surface area (Å²) in [5.74, 6) is 0.638. The van der Waals surface area contributed by atoms with Crippen molar-refractivity contribution in [3.05, 3.63) is 0 Å². The van der Waals surface area contributed by atoms with Crippen molar-refractivity contribution >= 4 is 6.09 Å². The first kappa shape index (κ1) is 14.3. The highest BCUT2D eigenvalue weighted by Gasteiger charge is 2.19. The van der Waals surface area contributed by atoms with Crippen LogP contribution in [0.4, 0.5) is 4.79 Å². The van der Waals surface area contributed by atoms with Gasteiger partial charge in [0.05, 0.1) is 19.8 Å². The number of nitrogens with zero attached hydrogens (tertiary/aromatic N) is 1. The summed E-state index contributed by atoms with van der Waals surface area (Å²) in [4.78, 5) is 12.3. The molecule has 1 amide bonds. The minimum atomic E-state index is -0.225. The molecule has 100 valence electrons. The van der Waals surface area contributed by atoms with Crippen molar-refractivity contribution in [3.8, 4) is 0 Å². The van der Waals surface area contributed by atoms with Crippen molar-refractivity contribution in [1.82, 2.24) is 10.2 Å². The monoisotopic (exact) mass is 244 g/mol. The Morgan fingerprint density at radius 1 is 1.35 bits per heavy atom. The molecule has 1 saturated carbocycles. The van der Waals surface area contributed by atoms with Crippen LogP contribution in [0, 0.1) is 5.92 Å². The van der Waals surface area contributed by atoms with Crippen LogP contribution in [-0.4, -0.2) is 58.0 Å². The van der Waals surface area contributed by atoms with Gasteiger partial charge in [-0.15, -0.1) is 0 Å². The highest BCUT2D eigenvalue weighted by molar-refractivity contribution is 5.66. The largest absolute Gasteiger partial charge is 0.449 e. The Morgan fingerprint density at radius 3 is 2.29 bits per heavy atom. The van der Waals surface area contributed by atoms with Gasteiger partial charge in [0.15, 0.2) is 0 Å². The van der Waals surface area contributed by atoms with Gasteiger partial charge < -0.3 is 19.7 Å². The number of ether oxygens (including phenoxy) is 2. The van der Waals surface area contributed by atoms with Crippen LogP contribution in [0.15, 0.2) is 0 Å². The summed E-state index contributed by atoms with van der Waals surface area (Å²) < 4.78 is 10.0. The number of carbonyl (C=O) groups excluding carboxylic acids is 1. The van der Waals surface area contributed by atoms with E-state index < -0.39 is 0 Å². The summed E-state index contributed by atoms with van der Waals surface area (Å²) in [5.41, 5.74) is 0. The van der Waals surface area contributed by atoms with E-state index in [1.165, 1.54) is 24.2 Å². The lowest BCUT2D eigenvalue weighted by Crippen LogP contribution is -2.30. The van der Waals surface area contributed by atoms with Gasteiger partial charge >= 0.3 is 6.09 Å². The van der Waals surface area contributed by atoms with E-state index in [1.54, 1.807) is 14.1 Å². The first-order valence-electron chi connectivity index (χ1n) is 6.32. The zero-order valence-corrected chi connectivity index (χ0v) is 10.9. The van der Waals surface area contributed by atoms with E-state index in [1.807, 2.05) is 0 Å². The number of hydrogen-bond donors (Lipinski definition) is 1. The standard InChI is InChI=1S/C8H15NO2.C4H9NO/c1-9(2)8(10)11-6-7-4-3-5-7;1-3-6-4-2-5-1/h7H,3-6H2,1-2H3;5H,1-4H2. The molecule has 2 fully saturated rings. The molecule has 0 bridgehead atoms. The quantitative estimate of drug-likeness (QED) is 0.790. The molecule has 0 aromatic rings. The van der Waals surface area contributed by atoms with Crippen LogP contribution in [0.1, 0.15) is 19.3 Å². The van der Waals surface area contributed by atoms with Crippen molar-refractivity contribution in [2.75, 3.05) is 47.0 Å². The van der Waals surface area contributed by atoms with E-state index in [9.17, 15) is 4.79 Å². The average molecular weight is 244 g/mol. The molecule has 1 heterocycles. The molecular formula is C12H24N2O3. The number of amides is 1. The van der Waals surface area contributed by atoms with Crippen LogP contribution in [0.5, 0.6) is 0 Å². The van der Waals surface area contributed by atoms with E-state index in [0.717, 1.165) is 26.3 Å². The fourth-order valence-electron chi connectivity index (χ4n) is 1.49. The highest BCUT2D eigenvalue weighted by Crippen LogP contribution is 2.26. The SMILES string of the molecule is C1COCCN1.CN(C)C(=O)OCC1CCC1. The van der Waals surface area contributed by atoms with Gasteiger partial charge in [0.2, 0.25) is 0 Å². The number of hydrogen-bond acceptors (Lipinski definition) is 4. The van der Waals surface area contributed by atoms with Gasteiger partial charge in [-0.3, -0.25) is 0 Å². The van der Waals surface area contributed by atoms with E-state index in [4.69, 9.17) is 9.47 Å². The maximum atomic E-state index is 10.9. The third kappa shape index (κ3) is 6.48. The fourth-order valence-corrected chi connectivity index (χ4v) is 1.49. The molecule has 1 N–H and O–H groups in total. The topological polar surface area (TPSA) is 50.8 Å². The lowest BCUT2D eigenvalue weighted by Gasteiger charge is -2.25. The number of carbonyl (C=O) groups is 1. The van der Waals surface area contributed by atoms with Crippen molar-refractivity contribution in [2.24, 2.45) is 5.92 Å². The van der Waals surface area contributed by atoms with Gasteiger partial charge in [0, 0.05) is 27.2 Å². The second kappa shape index (κ2) is 8.31. The van der Waals surface area contributed by atoms with Gasteiger partial charge in [-0.05, 0) is 18.8 Å². The predicted octanol–water partition coefficient (Wildman–Crippen LogP) is 1.09. The molecule has 2 rings (SSSR count). The van der Waals surface area contributed by atoms with E-state index in [0.29, 0.717) is 12.5 Å². The molecular weight excluding hydrogens is 220 g/mol. The summed E-state index contributed by atoms with van der Waals surface area (Å²) in [6.07, 6.45) is 3.52. The summed E-state index contributed by atoms with van der Waals surface area (Å²) in [6, 6.07) is 0. The number of nitrogens with one attached hydrogen (secondary N) is 1. The Bertz CT molecular complexity index is 202. The van der Waals surface area contributed by atoms with Crippen LogP contribution in [0.25, 0.3) is 0 Å². The second-order valence-electron chi connectivity index (χ2n) is 4.63. The fraction of sp³-hybridized carbons (Fsp3) is 0.917. The van der Waals surface area contributed by atoms with Crippen molar-refractivity contribution in [3.63, 3.8) is 0 Å². The zero-order chi connectivity index (χ0) is 12.5. The maximum absolute atomic E-state index is 10.9. The molecule has 0 radical (unpaired) electrons. The summed E-state index contributed by atoms with van der Waals surface area (Å²) >= 11 is 0. The zero-order valence-electron chi connectivity index (χ0n) is 10.9. The predicted molar refractivity (Wildman–Crippen MR) is 66.1 cm³/mol. The Balaban J connectivity index is 0.000000202. The number of morpholine rings is 1. The molecule has 0 atom stereocenters. The molecule has 0 aromatic heterocycles. The van der Waals surface area contributed by atoms with Crippen LogP contribution < -0.4 is 5.32 Å². The summed E-state index contributed by atoms with van der Waals surface area (Å²) in [5, 5.41) is 3.16. The summed E-state index contributed by atoms with van der Waals surface area (Å²) in [7, 11) is 3.40. The molecule has 5 nitrogen and oxygen atoms in total. The molecule has 1 aliphatic heterocycles. The normalized spacial score (nSPS) is 19.6. The van der Waals surface area contributed by atoms with Gasteiger partial charge in [0.1, 0.15) is 0 Å². The number of rotatable bonds is 2. The van der Waals surface area contributed by atoms with Crippen molar-refractivity contribution in [1.29, 1.82) is 0 Å². The molecule has 1 aliphatic carbocycles. The smallest absolute Gasteiger partial charge is 0.409 e. The Morgan fingerprint density at radius 2 is 2.00 bits per heavy atom. The lowest BCUT2D eigenvalue weighted by atomic mass is 9.86. The minimum Gasteiger partial charge on any atom is -0.449 e. The van der Waals surface area contributed by atoms with Crippen LogP contribution in [0.2, 0.25) is 0 Å². The Hall–Kier alpha value is -0.810. The average Bonchev–Trinajstić information content (AvgIpc) is 2.30. The molecule has 0 aromatic carbocycles. The molecule has 0 unspecified atom stereocenters. The summed E-state index contributed by atoms with van der Waals surface area (Å²) in [6.45, 7) is 4.44. The Labute approximate surface area is 103 Å². The third-order valence-corrected chi connectivity index (χ3v) is 2.88.